The van der Waals surface area contributed by atoms with Crippen LogP contribution >= 0.6 is 15.9 Å². The summed E-state index contributed by atoms with van der Waals surface area (Å²) < 4.78 is 6.39. The van der Waals surface area contributed by atoms with Gasteiger partial charge < -0.3 is 9.53 Å². The molecule has 1 aromatic rings. The molecule has 1 atom stereocenters. The van der Waals surface area contributed by atoms with Gasteiger partial charge in [-0.15, -0.1) is 0 Å². The van der Waals surface area contributed by atoms with Gasteiger partial charge >= 0.3 is 0 Å². The molecule has 0 aliphatic carbocycles. The fraction of sp³-hybridized carbons (Fsp3) is 0.300. The van der Waals surface area contributed by atoms with Crippen LogP contribution in [0.1, 0.15) is 17.2 Å². The number of hydrogen-bond donors (Lipinski definition) is 0. The average Bonchev–Trinajstić information content (AvgIpc) is 2.18. The highest BCUT2D eigenvalue weighted by Crippen LogP contribution is 2.30. The Hall–Kier alpha value is -0.670. The summed E-state index contributed by atoms with van der Waals surface area (Å²) in [6.07, 6.45) is 1.35. The minimum Gasteiger partial charge on any atom is -0.366 e. The number of carbonyl (C=O) groups excluding carboxylic acids is 1. The number of benzene rings is 1. The van der Waals surface area contributed by atoms with E-state index < -0.39 is 0 Å². The quantitative estimate of drug-likeness (QED) is 0.705. The molecule has 3 heteroatoms. The van der Waals surface area contributed by atoms with Gasteiger partial charge in [0.25, 0.3) is 0 Å². The van der Waals surface area contributed by atoms with Crippen LogP contribution in [0, 0.1) is 0 Å². The van der Waals surface area contributed by atoms with E-state index in [1.807, 2.05) is 18.2 Å². The molecule has 0 bridgehead atoms. The lowest BCUT2D eigenvalue weighted by Crippen LogP contribution is -2.17. The third-order valence-corrected chi connectivity index (χ3v) is 2.98. The molecular weight excluding hydrogens is 232 g/mol. The second-order valence-electron chi connectivity index (χ2n) is 2.99. The Kier molecular flexibility index (Phi) is 2.47. The van der Waals surface area contributed by atoms with E-state index in [9.17, 15) is 4.79 Å². The van der Waals surface area contributed by atoms with Crippen LogP contribution in [0.2, 0.25) is 0 Å². The molecule has 68 valence electrons. The first-order valence-corrected chi connectivity index (χ1v) is 4.96. The maximum absolute atomic E-state index is 10.7. The van der Waals surface area contributed by atoms with E-state index in [0.29, 0.717) is 6.61 Å². The van der Waals surface area contributed by atoms with Gasteiger partial charge in [-0.05, 0) is 23.6 Å². The van der Waals surface area contributed by atoms with Gasteiger partial charge in [0.1, 0.15) is 6.10 Å². The summed E-state index contributed by atoms with van der Waals surface area (Å²) in [7, 11) is 0. The highest BCUT2D eigenvalue weighted by molar-refractivity contribution is 9.10. The molecular formula is C10H9BrO2. The monoisotopic (exact) mass is 240 g/mol. The third kappa shape index (κ3) is 1.54. The Morgan fingerprint density at radius 1 is 1.54 bits per heavy atom. The number of halogens is 1. The smallest absolute Gasteiger partial charge is 0.153 e. The number of ether oxygens (including phenoxy) is 1. The zero-order valence-electron chi connectivity index (χ0n) is 7.00. The van der Waals surface area contributed by atoms with Crippen molar-refractivity contribution in [1.29, 1.82) is 0 Å². The molecule has 0 fully saturated rings. The van der Waals surface area contributed by atoms with Crippen LogP contribution in [-0.2, 0) is 16.0 Å². The molecule has 0 saturated heterocycles. The van der Waals surface area contributed by atoms with E-state index in [1.54, 1.807) is 0 Å². The lowest BCUT2D eigenvalue weighted by molar-refractivity contribution is -0.119. The standard InChI is InChI=1S/C10H9BrO2/c11-9-3-1-2-8-7(9)4-5-13-10(8)6-12/h1-3,6,10H,4-5H2. The molecule has 2 rings (SSSR count). The second kappa shape index (κ2) is 3.60. The van der Waals surface area contributed by atoms with Gasteiger partial charge in [0, 0.05) is 4.47 Å². The van der Waals surface area contributed by atoms with Gasteiger partial charge in [0.2, 0.25) is 0 Å². The molecule has 0 radical (unpaired) electrons. The van der Waals surface area contributed by atoms with Crippen molar-refractivity contribution in [3.63, 3.8) is 0 Å². The lowest BCUT2D eigenvalue weighted by atomic mass is 9.98. The lowest BCUT2D eigenvalue weighted by Gasteiger charge is -2.22. The summed E-state index contributed by atoms with van der Waals surface area (Å²) >= 11 is 3.47. The van der Waals surface area contributed by atoms with Gasteiger partial charge in [-0.3, -0.25) is 0 Å². The SMILES string of the molecule is O=CC1OCCc2c(Br)cccc21. The molecule has 0 spiro atoms. The normalized spacial score (nSPS) is 20.8. The van der Waals surface area contributed by atoms with Crippen molar-refractivity contribution in [2.45, 2.75) is 12.5 Å². The number of fused-ring (bicyclic) bond motifs is 1. The predicted octanol–water partition coefficient (Wildman–Crippen LogP) is 2.26. The second-order valence-corrected chi connectivity index (χ2v) is 3.84. The first kappa shape index (κ1) is 8.91. The molecule has 13 heavy (non-hydrogen) atoms. The van der Waals surface area contributed by atoms with Crippen molar-refractivity contribution < 1.29 is 9.53 Å². The fourth-order valence-corrected chi connectivity index (χ4v) is 2.18. The Morgan fingerprint density at radius 2 is 2.38 bits per heavy atom. The van der Waals surface area contributed by atoms with Crippen LogP contribution in [-0.4, -0.2) is 12.9 Å². The largest absolute Gasteiger partial charge is 0.366 e. The summed E-state index contributed by atoms with van der Waals surface area (Å²) in [6, 6.07) is 5.86. The highest BCUT2D eigenvalue weighted by atomic mass is 79.9. The molecule has 1 unspecified atom stereocenters. The summed E-state index contributed by atoms with van der Waals surface area (Å²) in [5.74, 6) is 0. The van der Waals surface area contributed by atoms with Gasteiger partial charge in [-0.2, -0.15) is 0 Å². The van der Waals surface area contributed by atoms with E-state index >= 15 is 0 Å². The van der Waals surface area contributed by atoms with Gasteiger partial charge in [0.05, 0.1) is 6.61 Å². The van der Waals surface area contributed by atoms with Crippen LogP contribution < -0.4 is 0 Å². The van der Waals surface area contributed by atoms with E-state index in [1.165, 1.54) is 5.56 Å². The predicted molar refractivity (Wildman–Crippen MR) is 52.6 cm³/mol. The summed E-state index contributed by atoms with van der Waals surface area (Å²) in [6.45, 7) is 0.624. The number of aldehydes is 1. The Balaban J connectivity index is 2.51. The summed E-state index contributed by atoms with van der Waals surface area (Å²) in [5.41, 5.74) is 2.20. The van der Waals surface area contributed by atoms with E-state index in [-0.39, 0.29) is 6.10 Å². The first-order chi connectivity index (χ1) is 6.33. The van der Waals surface area contributed by atoms with Gasteiger partial charge in [-0.25, -0.2) is 0 Å². The molecule has 0 saturated carbocycles. The molecule has 0 aromatic heterocycles. The van der Waals surface area contributed by atoms with E-state index in [0.717, 1.165) is 22.7 Å². The zero-order chi connectivity index (χ0) is 9.26. The Labute approximate surface area is 85.0 Å². The summed E-state index contributed by atoms with van der Waals surface area (Å²) in [5, 5.41) is 0. The van der Waals surface area contributed by atoms with Crippen LogP contribution in [0.3, 0.4) is 0 Å². The third-order valence-electron chi connectivity index (χ3n) is 2.23. The maximum atomic E-state index is 10.7. The number of hydrogen-bond acceptors (Lipinski definition) is 2. The van der Waals surface area contributed by atoms with Crippen molar-refractivity contribution >= 4 is 22.2 Å². The van der Waals surface area contributed by atoms with Gasteiger partial charge in [0.15, 0.2) is 6.29 Å². The minimum absolute atomic E-state index is 0.374. The van der Waals surface area contributed by atoms with Crippen LogP contribution in [0.25, 0.3) is 0 Å². The topological polar surface area (TPSA) is 26.3 Å². The first-order valence-electron chi connectivity index (χ1n) is 4.17. The molecule has 1 heterocycles. The van der Waals surface area contributed by atoms with E-state index in [2.05, 4.69) is 15.9 Å². The van der Waals surface area contributed by atoms with Crippen LogP contribution in [0.4, 0.5) is 0 Å². The van der Waals surface area contributed by atoms with Crippen LogP contribution in [0.15, 0.2) is 22.7 Å². The molecule has 1 aliphatic rings. The Morgan fingerprint density at radius 3 is 3.15 bits per heavy atom. The molecule has 0 amide bonds. The van der Waals surface area contributed by atoms with E-state index in [4.69, 9.17) is 4.74 Å². The van der Waals surface area contributed by atoms with Crippen molar-refractivity contribution in [3.05, 3.63) is 33.8 Å². The Bertz CT molecular complexity index is 336. The van der Waals surface area contributed by atoms with Crippen molar-refractivity contribution in [3.8, 4) is 0 Å². The van der Waals surface area contributed by atoms with Crippen molar-refractivity contribution in [2.24, 2.45) is 0 Å². The summed E-state index contributed by atoms with van der Waals surface area (Å²) in [4.78, 5) is 10.7. The highest BCUT2D eigenvalue weighted by Gasteiger charge is 2.21. The molecule has 0 N–H and O–H groups in total. The van der Waals surface area contributed by atoms with Crippen molar-refractivity contribution in [2.75, 3.05) is 6.61 Å². The fourth-order valence-electron chi connectivity index (χ4n) is 1.60. The molecule has 1 aromatic carbocycles. The van der Waals surface area contributed by atoms with Crippen LogP contribution in [0.5, 0.6) is 0 Å². The molecule has 1 aliphatic heterocycles. The maximum Gasteiger partial charge on any atom is 0.153 e. The zero-order valence-corrected chi connectivity index (χ0v) is 8.58. The minimum atomic E-state index is -0.374. The van der Waals surface area contributed by atoms with Gasteiger partial charge in [-0.1, -0.05) is 28.1 Å². The number of rotatable bonds is 1. The average molecular weight is 241 g/mol. The number of carbonyl (C=O) groups is 1. The molecule has 2 nitrogen and oxygen atoms in total. The van der Waals surface area contributed by atoms with Crippen molar-refractivity contribution in [1.82, 2.24) is 0 Å².